The Kier molecular flexibility index (Phi) is 6.27. The number of nitrogens with one attached hydrogen (secondary N) is 2. The van der Waals surface area contributed by atoms with Gasteiger partial charge in [-0.05, 0) is 55.7 Å². The minimum atomic E-state index is -3.81. The molecule has 0 saturated heterocycles. The lowest BCUT2D eigenvalue weighted by molar-refractivity contribution is 0.102. The molecule has 1 fully saturated rings. The minimum absolute atomic E-state index is 0.0441. The summed E-state index contributed by atoms with van der Waals surface area (Å²) in [6.07, 6.45) is 3.64. The summed E-state index contributed by atoms with van der Waals surface area (Å²) in [5.41, 5.74) is 1.63. The van der Waals surface area contributed by atoms with Gasteiger partial charge < -0.3 is 10.1 Å². The number of halogens is 1. The number of carbonyl (C=O) groups is 1. The molecule has 2 N–H and O–H groups in total. The first-order valence-corrected chi connectivity index (χ1v) is 10.9. The molecule has 8 heteroatoms. The maximum absolute atomic E-state index is 12.9. The van der Waals surface area contributed by atoms with Crippen molar-refractivity contribution < 1.29 is 17.9 Å². The third-order valence-electron chi connectivity index (χ3n) is 4.84. The predicted octanol–water partition coefficient (Wildman–Crippen LogP) is 4.13. The molecule has 2 aromatic carbocycles. The summed E-state index contributed by atoms with van der Waals surface area (Å²) in [6.45, 7) is 1.85. The summed E-state index contributed by atoms with van der Waals surface area (Å²) < 4.78 is 33.7. The molecule has 1 aliphatic rings. The van der Waals surface area contributed by atoms with E-state index in [2.05, 4.69) is 10.0 Å². The van der Waals surface area contributed by atoms with Gasteiger partial charge in [0.1, 0.15) is 10.6 Å². The zero-order chi connectivity index (χ0) is 20.3. The Labute approximate surface area is 170 Å². The summed E-state index contributed by atoms with van der Waals surface area (Å²) >= 11 is 6.00. The molecule has 6 nitrogen and oxygen atoms in total. The van der Waals surface area contributed by atoms with Crippen LogP contribution < -0.4 is 14.8 Å². The van der Waals surface area contributed by atoms with E-state index in [1.54, 1.807) is 18.2 Å². The van der Waals surface area contributed by atoms with E-state index in [0.29, 0.717) is 10.7 Å². The summed E-state index contributed by atoms with van der Waals surface area (Å²) in [5, 5.41) is 3.28. The Hall–Kier alpha value is -2.09. The fraction of sp³-hybridized carbons (Fsp3) is 0.350. The third-order valence-corrected chi connectivity index (χ3v) is 6.62. The molecule has 150 valence electrons. The molecule has 0 spiro atoms. The number of ether oxygens (including phenoxy) is 1. The topological polar surface area (TPSA) is 84.5 Å². The lowest BCUT2D eigenvalue weighted by Crippen LogP contribution is -2.33. The van der Waals surface area contributed by atoms with Crippen LogP contribution in [0.5, 0.6) is 5.75 Å². The van der Waals surface area contributed by atoms with Gasteiger partial charge in [-0.1, -0.05) is 30.5 Å². The molecule has 1 amide bonds. The number of aryl methyl sites for hydroxylation is 1. The lowest BCUT2D eigenvalue weighted by Gasteiger charge is -2.16. The van der Waals surface area contributed by atoms with Gasteiger partial charge in [0, 0.05) is 22.3 Å². The second-order valence-corrected chi connectivity index (χ2v) is 9.00. The van der Waals surface area contributed by atoms with Crippen LogP contribution in [0.3, 0.4) is 0 Å². The Morgan fingerprint density at radius 3 is 2.54 bits per heavy atom. The monoisotopic (exact) mass is 422 g/mol. The van der Waals surface area contributed by atoms with Crippen molar-refractivity contribution in [2.45, 2.75) is 43.5 Å². The number of hydrogen-bond donors (Lipinski definition) is 2. The van der Waals surface area contributed by atoms with E-state index in [0.717, 1.165) is 31.2 Å². The molecule has 0 atom stereocenters. The van der Waals surface area contributed by atoms with Crippen LogP contribution in [-0.2, 0) is 10.0 Å². The van der Waals surface area contributed by atoms with Gasteiger partial charge in [0.2, 0.25) is 10.0 Å². The highest BCUT2D eigenvalue weighted by Gasteiger charge is 2.26. The first-order valence-electron chi connectivity index (χ1n) is 9.08. The molecule has 2 aromatic rings. The van der Waals surface area contributed by atoms with Crippen LogP contribution in [0.1, 0.15) is 41.6 Å². The van der Waals surface area contributed by atoms with Gasteiger partial charge >= 0.3 is 0 Å². The van der Waals surface area contributed by atoms with Crippen LogP contribution in [0, 0.1) is 6.92 Å². The zero-order valence-corrected chi connectivity index (χ0v) is 17.4. The number of amides is 1. The van der Waals surface area contributed by atoms with E-state index >= 15 is 0 Å². The second-order valence-electron chi connectivity index (χ2n) is 6.88. The predicted molar refractivity (Wildman–Crippen MR) is 110 cm³/mol. The van der Waals surface area contributed by atoms with Gasteiger partial charge in [0.15, 0.2) is 0 Å². The van der Waals surface area contributed by atoms with Crippen molar-refractivity contribution in [3.63, 3.8) is 0 Å². The largest absolute Gasteiger partial charge is 0.495 e. The molecule has 0 unspecified atom stereocenters. The van der Waals surface area contributed by atoms with Gasteiger partial charge in [-0.2, -0.15) is 0 Å². The van der Waals surface area contributed by atoms with Crippen molar-refractivity contribution in [1.29, 1.82) is 0 Å². The highest BCUT2D eigenvalue weighted by molar-refractivity contribution is 7.89. The molecular weight excluding hydrogens is 400 g/mol. The number of carbonyl (C=O) groups excluding carboxylic acids is 1. The van der Waals surface area contributed by atoms with Crippen LogP contribution >= 0.6 is 11.6 Å². The van der Waals surface area contributed by atoms with Crippen LogP contribution in [0.2, 0.25) is 5.02 Å². The van der Waals surface area contributed by atoms with Crippen molar-refractivity contribution >= 4 is 33.2 Å². The summed E-state index contributed by atoms with van der Waals surface area (Å²) in [7, 11) is -2.40. The molecule has 0 aliphatic heterocycles. The van der Waals surface area contributed by atoms with E-state index in [4.69, 9.17) is 16.3 Å². The average Bonchev–Trinajstić information content (AvgIpc) is 3.16. The fourth-order valence-electron chi connectivity index (χ4n) is 3.28. The molecule has 0 bridgehead atoms. The van der Waals surface area contributed by atoms with E-state index in [1.807, 2.05) is 6.92 Å². The van der Waals surface area contributed by atoms with Crippen LogP contribution in [0.25, 0.3) is 0 Å². The lowest BCUT2D eigenvalue weighted by atomic mass is 10.1. The van der Waals surface area contributed by atoms with Crippen LogP contribution in [0.4, 0.5) is 5.69 Å². The number of methoxy groups -OCH3 is 1. The minimum Gasteiger partial charge on any atom is -0.495 e. The normalized spacial score (nSPS) is 14.8. The molecule has 28 heavy (non-hydrogen) atoms. The number of anilines is 1. The van der Waals surface area contributed by atoms with Gasteiger partial charge in [-0.25, -0.2) is 13.1 Å². The molecule has 0 heterocycles. The highest BCUT2D eigenvalue weighted by Crippen LogP contribution is 2.28. The third kappa shape index (κ3) is 4.66. The van der Waals surface area contributed by atoms with Crippen molar-refractivity contribution in [2.24, 2.45) is 0 Å². The van der Waals surface area contributed by atoms with Crippen molar-refractivity contribution in [3.05, 3.63) is 52.5 Å². The van der Waals surface area contributed by atoms with Crippen molar-refractivity contribution in [1.82, 2.24) is 4.72 Å². The summed E-state index contributed by atoms with van der Waals surface area (Å²) in [5.74, 6) is -0.230. The van der Waals surface area contributed by atoms with E-state index in [-0.39, 0.29) is 22.3 Å². The number of rotatable bonds is 6. The Bertz CT molecular complexity index is 986. The second kappa shape index (κ2) is 8.51. The number of sulfonamides is 1. The summed E-state index contributed by atoms with van der Waals surface area (Å²) in [4.78, 5) is 12.6. The van der Waals surface area contributed by atoms with Gasteiger partial charge in [-0.3, -0.25) is 4.79 Å². The van der Waals surface area contributed by atoms with E-state index in [1.165, 1.54) is 25.3 Å². The standard InChI is InChI=1S/C20H23ClN2O4S/c1-13-7-9-15(21)12-17(13)22-20(24)14-8-10-18(27-2)19(11-14)28(25,26)23-16-5-3-4-6-16/h7-12,16,23H,3-6H2,1-2H3,(H,22,24). The highest BCUT2D eigenvalue weighted by atomic mass is 35.5. The maximum Gasteiger partial charge on any atom is 0.255 e. The summed E-state index contributed by atoms with van der Waals surface area (Å²) in [6, 6.07) is 9.46. The van der Waals surface area contributed by atoms with Crippen molar-refractivity contribution in [2.75, 3.05) is 12.4 Å². The van der Waals surface area contributed by atoms with Crippen LogP contribution in [0.15, 0.2) is 41.3 Å². The van der Waals surface area contributed by atoms with E-state index in [9.17, 15) is 13.2 Å². The maximum atomic E-state index is 12.9. The Balaban J connectivity index is 1.89. The Morgan fingerprint density at radius 2 is 1.86 bits per heavy atom. The van der Waals surface area contributed by atoms with Gasteiger partial charge in [0.05, 0.1) is 7.11 Å². The van der Waals surface area contributed by atoms with Crippen molar-refractivity contribution in [3.8, 4) is 5.75 Å². The zero-order valence-electron chi connectivity index (χ0n) is 15.8. The molecule has 0 radical (unpaired) electrons. The van der Waals surface area contributed by atoms with Crippen LogP contribution in [-0.4, -0.2) is 27.5 Å². The molecular formula is C20H23ClN2O4S. The molecule has 1 aliphatic carbocycles. The van der Waals surface area contributed by atoms with Gasteiger partial charge in [0.25, 0.3) is 5.91 Å². The number of benzene rings is 2. The molecule has 0 aromatic heterocycles. The molecule has 3 rings (SSSR count). The van der Waals surface area contributed by atoms with Gasteiger partial charge in [-0.15, -0.1) is 0 Å². The quantitative estimate of drug-likeness (QED) is 0.733. The smallest absolute Gasteiger partial charge is 0.255 e. The first kappa shape index (κ1) is 20.6. The van der Waals surface area contributed by atoms with E-state index < -0.39 is 15.9 Å². The number of hydrogen-bond acceptors (Lipinski definition) is 4. The Morgan fingerprint density at radius 1 is 1.14 bits per heavy atom. The average molecular weight is 423 g/mol. The SMILES string of the molecule is COc1ccc(C(=O)Nc2cc(Cl)ccc2C)cc1S(=O)(=O)NC1CCCC1. The first-order chi connectivity index (χ1) is 13.3. The molecule has 1 saturated carbocycles. The fourth-order valence-corrected chi connectivity index (χ4v) is 4.95.